The average Bonchev–Trinajstić information content (AvgIpc) is 3.38. The largest absolute Gasteiger partial charge is 0.465 e. The number of thiophene rings is 1. The maximum Gasteiger partial charge on any atom is 0.340 e. The molecule has 0 saturated carbocycles. The monoisotopic (exact) mass is 544 g/mol. The van der Waals surface area contributed by atoms with Gasteiger partial charge in [-0.1, -0.05) is 59.6 Å². The Kier molecular flexibility index (Phi) is 7.76. The van der Waals surface area contributed by atoms with Crippen molar-refractivity contribution < 1.29 is 9.53 Å². The van der Waals surface area contributed by atoms with Gasteiger partial charge in [-0.05, 0) is 55.4 Å². The standard InChI is InChI=1S/C25H22Cl2N4O2S2/c1-14-22(15(2)31(30-14)13-16-9-10-19(26)20(27)11-16)28-25(34)29-23-18(24(32)33-3)12-21(35-23)17-7-5-4-6-8-17/h4-12H,13H2,1-3H3,(H2,28,29,34). The third-order valence-corrected chi connectivity index (χ3v) is 7.40. The molecule has 0 bridgehead atoms. The van der Waals surface area contributed by atoms with E-state index in [0.29, 0.717) is 32.3 Å². The number of carbonyl (C=O) groups excluding carboxylic acids is 1. The number of benzene rings is 2. The predicted octanol–water partition coefficient (Wildman–Crippen LogP) is 7.18. The van der Waals surface area contributed by atoms with Gasteiger partial charge < -0.3 is 15.4 Å². The van der Waals surface area contributed by atoms with Gasteiger partial charge in [-0.3, -0.25) is 4.68 Å². The van der Waals surface area contributed by atoms with Crippen LogP contribution >= 0.6 is 46.8 Å². The summed E-state index contributed by atoms with van der Waals surface area (Å²) in [7, 11) is 1.36. The number of anilines is 2. The maximum atomic E-state index is 12.4. The second kappa shape index (κ2) is 10.8. The van der Waals surface area contributed by atoms with Gasteiger partial charge in [0.1, 0.15) is 5.00 Å². The van der Waals surface area contributed by atoms with Crippen molar-refractivity contribution in [2.45, 2.75) is 20.4 Å². The third kappa shape index (κ3) is 5.67. The molecule has 0 saturated heterocycles. The van der Waals surface area contributed by atoms with E-state index in [-0.39, 0.29) is 0 Å². The van der Waals surface area contributed by atoms with Crippen LogP contribution in [0.2, 0.25) is 10.0 Å². The fraction of sp³-hybridized carbons (Fsp3) is 0.160. The molecule has 0 atom stereocenters. The Labute approximate surface area is 222 Å². The summed E-state index contributed by atoms with van der Waals surface area (Å²) in [5.74, 6) is -0.435. The van der Waals surface area contributed by atoms with Gasteiger partial charge in [-0.2, -0.15) is 5.10 Å². The van der Waals surface area contributed by atoms with Gasteiger partial charge in [0.15, 0.2) is 5.11 Å². The van der Waals surface area contributed by atoms with Crippen molar-refractivity contribution in [2.24, 2.45) is 0 Å². The predicted molar refractivity (Wildman–Crippen MR) is 148 cm³/mol. The fourth-order valence-corrected chi connectivity index (χ4v) is 5.23. The van der Waals surface area contributed by atoms with Gasteiger partial charge in [-0.15, -0.1) is 11.3 Å². The van der Waals surface area contributed by atoms with Crippen molar-refractivity contribution in [3.63, 3.8) is 0 Å². The SMILES string of the molecule is COC(=O)c1cc(-c2ccccc2)sc1NC(=S)Nc1c(C)nn(Cc2ccc(Cl)c(Cl)c2)c1C. The number of hydrogen-bond acceptors (Lipinski definition) is 5. The van der Waals surface area contributed by atoms with Gasteiger partial charge in [0.05, 0.1) is 46.3 Å². The minimum Gasteiger partial charge on any atom is -0.465 e. The number of methoxy groups -OCH3 is 1. The minimum absolute atomic E-state index is 0.344. The van der Waals surface area contributed by atoms with Crippen molar-refractivity contribution >= 4 is 68.5 Å². The molecule has 0 unspecified atom stereocenters. The number of ether oxygens (including phenoxy) is 1. The molecule has 0 spiro atoms. The molecular formula is C25H22Cl2N4O2S2. The van der Waals surface area contributed by atoms with Crippen LogP contribution in [-0.2, 0) is 11.3 Å². The molecule has 0 fully saturated rings. The lowest BCUT2D eigenvalue weighted by molar-refractivity contribution is 0.0602. The first-order chi connectivity index (χ1) is 16.8. The van der Waals surface area contributed by atoms with E-state index in [1.54, 1.807) is 6.07 Å². The molecule has 2 aromatic carbocycles. The molecule has 0 aliphatic carbocycles. The highest BCUT2D eigenvalue weighted by Gasteiger charge is 2.20. The normalized spacial score (nSPS) is 10.8. The van der Waals surface area contributed by atoms with Crippen molar-refractivity contribution in [1.82, 2.24) is 9.78 Å². The molecule has 2 aromatic heterocycles. The van der Waals surface area contributed by atoms with Gasteiger partial charge in [0.2, 0.25) is 0 Å². The molecule has 35 heavy (non-hydrogen) atoms. The van der Waals surface area contributed by atoms with Crippen molar-refractivity contribution in [1.29, 1.82) is 0 Å². The first-order valence-electron chi connectivity index (χ1n) is 10.6. The average molecular weight is 546 g/mol. The topological polar surface area (TPSA) is 68.2 Å². The van der Waals surface area contributed by atoms with Crippen LogP contribution in [-0.4, -0.2) is 28.0 Å². The number of carbonyl (C=O) groups is 1. The van der Waals surface area contributed by atoms with Crippen LogP contribution < -0.4 is 10.6 Å². The van der Waals surface area contributed by atoms with E-state index in [1.807, 2.05) is 67.1 Å². The number of esters is 1. The molecule has 10 heteroatoms. The smallest absolute Gasteiger partial charge is 0.340 e. The van der Waals surface area contributed by atoms with E-state index in [0.717, 1.165) is 33.1 Å². The van der Waals surface area contributed by atoms with Crippen LogP contribution in [0.5, 0.6) is 0 Å². The van der Waals surface area contributed by atoms with Gasteiger partial charge >= 0.3 is 5.97 Å². The number of halogens is 2. The summed E-state index contributed by atoms with van der Waals surface area (Å²) in [5.41, 5.74) is 4.89. The first-order valence-corrected chi connectivity index (χ1v) is 12.6. The lowest BCUT2D eigenvalue weighted by Gasteiger charge is -2.11. The molecule has 2 heterocycles. The van der Waals surface area contributed by atoms with Crippen LogP contribution in [0.3, 0.4) is 0 Å². The minimum atomic E-state index is -0.435. The van der Waals surface area contributed by atoms with Crippen molar-refractivity contribution in [2.75, 3.05) is 17.7 Å². The molecule has 0 amide bonds. The van der Waals surface area contributed by atoms with E-state index in [9.17, 15) is 4.79 Å². The zero-order valence-corrected chi connectivity index (χ0v) is 22.3. The Morgan fingerprint density at radius 1 is 1.09 bits per heavy atom. The van der Waals surface area contributed by atoms with E-state index in [2.05, 4.69) is 15.7 Å². The molecule has 180 valence electrons. The Morgan fingerprint density at radius 2 is 1.83 bits per heavy atom. The molecule has 0 aliphatic rings. The number of nitrogens with zero attached hydrogens (tertiary/aromatic N) is 2. The van der Waals surface area contributed by atoms with Gasteiger partial charge in [0.25, 0.3) is 0 Å². The Morgan fingerprint density at radius 3 is 2.51 bits per heavy atom. The van der Waals surface area contributed by atoms with E-state index in [4.69, 9.17) is 40.2 Å². The summed E-state index contributed by atoms with van der Waals surface area (Å²) in [6.45, 7) is 4.39. The highest BCUT2D eigenvalue weighted by Crippen LogP contribution is 2.36. The molecule has 6 nitrogen and oxygen atoms in total. The van der Waals surface area contributed by atoms with Crippen LogP contribution in [0.15, 0.2) is 54.6 Å². The lowest BCUT2D eigenvalue weighted by atomic mass is 10.1. The number of nitrogens with one attached hydrogen (secondary N) is 2. The summed E-state index contributed by atoms with van der Waals surface area (Å²) in [5, 5.41) is 13.0. The van der Waals surface area contributed by atoms with Crippen LogP contribution in [0.1, 0.15) is 27.3 Å². The fourth-order valence-electron chi connectivity index (χ4n) is 3.58. The number of aryl methyl sites for hydroxylation is 1. The summed E-state index contributed by atoms with van der Waals surface area (Å²) >= 11 is 19.2. The van der Waals surface area contributed by atoms with Crippen LogP contribution in [0.4, 0.5) is 10.7 Å². The van der Waals surface area contributed by atoms with Gasteiger partial charge in [0, 0.05) is 4.88 Å². The molecule has 0 aliphatic heterocycles. The molecular weight excluding hydrogens is 523 g/mol. The zero-order chi connectivity index (χ0) is 25.1. The summed E-state index contributed by atoms with van der Waals surface area (Å²) in [4.78, 5) is 13.3. The van der Waals surface area contributed by atoms with Crippen molar-refractivity contribution in [3.8, 4) is 10.4 Å². The Bertz CT molecular complexity index is 1400. The Hall–Kier alpha value is -2.91. The lowest BCUT2D eigenvalue weighted by Crippen LogP contribution is -2.20. The molecule has 4 aromatic rings. The second-order valence-corrected chi connectivity index (χ2v) is 10.0. The van der Waals surface area contributed by atoms with E-state index < -0.39 is 5.97 Å². The second-order valence-electron chi connectivity index (χ2n) is 7.74. The van der Waals surface area contributed by atoms with Gasteiger partial charge in [-0.25, -0.2) is 4.79 Å². The first kappa shape index (κ1) is 25.2. The highest BCUT2D eigenvalue weighted by molar-refractivity contribution is 7.80. The Balaban J connectivity index is 1.54. The highest BCUT2D eigenvalue weighted by atomic mass is 35.5. The molecule has 4 rings (SSSR count). The summed E-state index contributed by atoms with van der Waals surface area (Å²) in [6, 6.07) is 17.2. The number of rotatable bonds is 6. The number of thiocarbonyl (C=S) groups is 1. The quantitative estimate of drug-likeness (QED) is 0.198. The molecule has 0 radical (unpaired) electrons. The van der Waals surface area contributed by atoms with E-state index >= 15 is 0 Å². The van der Waals surface area contributed by atoms with Crippen molar-refractivity contribution in [3.05, 3.63) is 87.2 Å². The number of aromatic nitrogens is 2. The third-order valence-electron chi connectivity index (χ3n) is 5.36. The summed E-state index contributed by atoms with van der Waals surface area (Å²) < 4.78 is 6.85. The molecule has 2 N–H and O–H groups in total. The number of hydrogen-bond donors (Lipinski definition) is 2. The maximum absolute atomic E-state index is 12.4. The van der Waals surface area contributed by atoms with Crippen LogP contribution in [0.25, 0.3) is 10.4 Å². The van der Waals surface area contributed by atoms with E-state index in [1.165, 1.54) is 18.4 Å². The summed E-state index contributed by atoms with van der Waals surface area (Å²) in [6.07, 6.45) is 0. The van der Waals surface area contributed by atoms with Crippen LogP contribution in [0, 0.1) is 13.8 Å². The zero-order valence-electron chi connectivity index (χ0n) is 19.2.